The Morgan fingerprint density at radius 3 is 2.45 bits per heavy atom. The highest BCUT2D eigenvalue weighted by atomic mass is 32.1. The molecule has 5 rings (SSSR count). The van der Waals surface area contributed by atoms with E-state index in [1.54, 1.807) is 19.2 Å². The van der Waals surface area contributed by atoms with Gasteiger partial charge >= 0.3 is 0 Å². The van der Waals surface area contributed by atoms with Gasteiger partial charge in [-0.2, -0.15) is 0 Å². The van der Waals surface area contributed by atoms with Crippen LogP contribution in [0.5, 0.6) is 5.75 Å². The first-order valence-corrected chi connectivity index (χ1v) is 11.8. The zero-order chi connectivity index (χ0) is 23.3. The topological polar surface area (TPSA) is 81.4 Å². The van der Waals surface area contributed by atoms with Gasteiger partial charge in [0.15, 0.2) is 5.78 Å². The molecule has 1 atom stereocenters. The van der Waals surface area contributed by atoms with Crippen molar-refractivity contribution >= 4 is 33.6 Å². The van der Waals surface area contributed by atoms with E-state index < -0.39 is 0 Å². The van der Waals surface area contributed by atoms with Crippen LogP contribution in [0.3, 0.4) is 0 Å². The highest BCUT2D eigenvalue weighted by Gasteiger charge is 2.43. The van der Waals surface area contributed by atoms with Crippen LogP contribution < -0.4 is 15.8 Å². The first-order chi connectivity index (χ1) is 15.8. The van der Waals surface area contributed by atoms with Crippen LogP contribution >= 0.6 is 11.3 Å². The number of carbonyl (C=O) groups is 2. The molecule has 168 valence electrons. The van der Waals surface area contributed by atoms with Crippen LogP contribution in [0.15, 0.2) is 65.9 Å². The monoisotopic (exact) mass is 458 g/mol. The molecule has 1 aliphatic carbocycles. The maximum atomic E-state index is 13.4. The molecule has 3 aromatic rings. The Kier molecular flexibility index (Phi) is 5.13. The molecule has 2 aromatic carbocycles. The Morgan fingerprint density at radius 1 is 1.09 bits per heavy atom. The summed E-state index contributed by atoms with van der Waals surface area (Å²) in [6.45, 7) is 4.23. The number of ketones is 2. The van der Waals surface area contributed by atoms with E-state index in [4.69, 9.17) is 10.5 Å². The predicted octanol–water partition coefficient (Wildman–Crippen LogP) is 5.77. The minimum atomic E-state index is -0.320. The number of anilines is 2. The van der Waals surface area contributed by atoms with Gasteiger partial charge in [0.05, 0.1) is 17.8 Å². The van der Waals surface area contributed by atoms with E-state index in [0.29, 0.717) is 22.5 Å². The maximum Gasteiger partial charge on any atom is 0.205 e. The summed E-state index contributed by atoms with van der Waals surface area (Å²) in [5, 5.41) is 4.34. The lowest BCUT2D eigenvalue weighted by molar-refractivity contribution is -0.118. The van der Waals surface area contributed by atoms with Crippen molar-refractivity contribution in [3.8, 4) is 5.75 Å². The van der Waals surface area contributed by atoms with E-state index in [1.807, 2.05) is 42.5 Å². The van der Waals surface area contributed by atoms with Crippen molar-refractivity contribution in [2.75, 3.05) is 18.2 Å². The van der Waals surface area contributed by atoms with E-state index >= 15 is 0 Å². The summed E-state index contributed by atoms with van der Waals surface area (Å²) in [6, 6.07) is 16.9. The van der Waals surface area contributed by atoms with Crippen LogP contribution in [0, 0.1) is 5.41 Å². The van der Waals surface area contributed by atoms with Crippen molar-refractivity contribution in [2.45, 2.75) is 32.6 Å². The van der Waals surface area contributed by atoms with E-state index in [0.717, 1.165) is 39.6 Å². The number of fused-ring (bicyclic) bond motifs is 1. The summed E-state index contributed by atoms with van der Waals surface area (Å²) < 4.78 is 5.33. The Hall–Kier alpha value is -3.38. The molecule has 1 aliphatic heterocycles. The van der Waals surface area contributed by atoms with Gasteiger partial charge in [-0.3, -0.25) is 9.59 Å². The van der Waals surface area contributed by atoms with Gasteiger partial charge in [0.2, 0.25) is 5.78 Å². The van der Waals surface area contributed by atoms with Gasteiger partial charge < -0.3 is 15.8 Å². The van der Waals surface area contributed by atoms with E-state index in [2.05, 4.69) is 19.2 Å². The summed E-state index contributed by atoms with van der Waals surface area (Å²) in [7, 11) is 1.63. The standard InChI is InChI=1S/C27H26N2O3S/c1-27(2)13-18-21(19(30)14-27)20(15-9-11-17(32-3)12-10-15)22-23(28)25(33-26(22)29-18)24(31)16-7-5-4-6-8-16/h4-12,20,29H,13-14,28H2,1-3H3/t20-/m1/s1. The van der Waals surface area contributed by atoms with Crippen molar-refractivity contribution in [3.63, 3.8) is 0 Å². The zero-order valence-electron chi connectivity index (χ0n) is 18.9. The lowest BCUT2D eigenvalue weighted by Crippen LogP contribution is -2.33. The summed E-state index contributed by atoms with van der Waals surface area (Å²) in [4.78, 5) is 27.2. The van der Waals surface area contributed by atoms with Crippen molar-refractivity contribution < 1.29 is 14.3 Å². The third kappa shape index (κ3) is 3.64. The number of carbonyl (C=O) groups excluding carboxylic acids is 2. The van der Waals surface area contributed by atoms with Crippen molar-refractivity contribution in [1.82, 2.24) is 0 Å². The average molecular weight is 459 g/mol. The third-order valence-electron chi connectivity index (χ3n) is 6.44. The molecule has 5 nitrogen and oxygen atoms in total. The molecule has 0 unspecified atom stereocenters. The molecule has 0 bridgehead atoms. The fourth-order valence-corrected chi connectivity index (χ4v) is 6.06. The fraction of sp³-hybridized carbons (Fsp3) is 0.259. The Morgan fingerprint density at radius 2 is 1.79 bits per heavy atom. The Balaban J connectivity index is 1.68. The molecule has 1 aromatic heterocycles. The molecule has 2 aliphatic rings. The minimum Gasteiger partial charge on any atom is -0.497 e. The van der Waals surface area contributed by atoms with Crippen LogP contribution in [-0.4, -0.2) is 18.7 Å². The van der Waals surface area contributed by atoms with Gasteiger partial charge in [-0.1, -0.05) is 56.3 Å². The van der Waals surface area contributed by atoms with Crippen LogP contribution in [0.25, 0.3) is 0 Å². The van der Waals surface area contributed by atoms with Crippen LogP contribution in [0.4, 0.5) is 10.7 Å². The minimum absolute atomic E-state index is 0.104. The summed E-state index contributed by atoms with van der Waals surface area (Å²) in [5.41, 5.74) is 11.0. The second-order valence-electron chi connectivity index (χ2n) is 9.45. The van der Waals surface area contributed by atoms with E-state index in [1.165, 1.54) is 11.3 Å². The van der Waals surface area contributed by atoms with Crippen molar-refractivity contribution in [3.05, 3.63) is 87.4 Å². The lowest BCUT2D eigenvalue weighted by Gasteiger charge is -2.38. The molecule has 33 heavy (non-hydrogen) atoms. The highest BCUT2D eigenvalue weighted by Crippen LogP contribution is 2.54. The second kappa shape index (κ2) is 7.89. The number of Topliss-reactive ketones (excluding diaryl/α,β-unsaturated/α-hetero) is 1. The molecule has 3 N–H and O–H groups in total. The molecule has 0 fully saturated rings. The van der Waals surface area contributed by atoms with Crippen molar-refractivity contribution in [1.29, 1.82) is 0 Å². The molecule has 2 heterocycles. The zero-order valence-corrected chi connectivity index (χ0v) is 19.7. The summed E-state index contributed by atoms with van der Waals surface area (Å²) in [6.07, 6.45) is 1.25. The Bertz CT molecular complexity index is 1290. The number of nitrogens with one attached hydrogen (secondary N) is 1. The quantitative estimate of drug-likeness (QED) is 0.485. The number of ether oxygens (including phenoxy) is 1. The van der Waals surface area contributed by atoms with Gasteiger partial charge in [-0.05, 0) is 29.5 Å². The number of rotatable bonds is 4. The third-order valence-corrected chi connectivity index (χ3v) is 7.57. The summed E-state index contributed by atoms with van der Waals surface area (Å²) in [5.74, 6) is 0.449. The average Bonchev–Trinajstić information content (AvgIpc) is 3.13. The van der Waals surface area contributed by atoms with Gasteiger partial charge in [0, 0.05) is 34.7 Å². The number of nitrogens with two attached hydrogens (primary N) is 1. The smallest absolute Gasteiger partial charge is 0.205 e. The molecule has 0 saturated heterocycles. The number of nitrogen functional groups attached to an aromatic ring is 1. The number of hydrogen-bond acceptors (Lipinski definition) is 6. The molecular weight excluding hydrogens is 432 g/mol. The molecule has 0 spiro atoms. The Labute approximate surface area is 197 Å². The fourth-order valence-electron chi connectivity index (χ4n) is 4.92. The maximum absolute atomic E-state index is 13.4. The number of methoxy groups -OCH3 is 1. The van der Waals surface area contributed by atoms with E-state index in [9.17, 15) is 9.59 Å². The lowest BCUT2D eigenvalue weighted by atomic mass is 9.69. The van der Waals surface area contributed by atoms with Gasteiger partial charge in [-0.25, -0.2) is 0 Å². The SMILES string of the molecule is COc1ccc([C@@H]2C3=C(CC(C)(C)CC3=O)Nc3sc(C(=O)c4ccccc4)c(N)c32)cc1. The van der Waals surface area contributed by atoms with Gasteiger partial charge in [0.25, 0.3) is 0 Å². The first-order valence-electron chi connectivity index (χ1n) is 11.0. The molecule has 0 amide bonds. The van der Waals surface area contributed by atoms with Gasteiger partial charge in [-0.15, -0.1) is 11.3 Å². The molecule has 6 heteroatoms. The molecular formula is C27H26N2O3S. The van der Waals surface area contributed by atoms with Crippen LogP contribution in [-0.2, 0) is 4.79 Å². The van der Waals surface area contributed by atoms with Crippen LogP contribution in [0.1, 0.15) is 59.0 Å². The van der Waals surface area contributed by atoms with Gasteiger partial charge in [0.1, 0.15) is 10.6 Å². The highest BCUT2D eigenvalue weighted by molar-refractivity contribution is 7.19. The number of hydrogen-bond donors (Lipinski definition) is 2. The predicted molar refractivity (Wildman–Crippen MR) is 132 cm³/mol. The van der Waals surface area contributed by atoms with E-state index in [-0.39, 0.29) is 22.9 Å². The normalized spacial score (nSPS) is 18.9. The summed E-state index contributed by atoms with van der Waals surface area (Å²) >= 11 is 1.37. The first kappa shape index (κ1) is 21.5. The second-order valence-corrected chi connectivity index (χ2v) is 10.5. The number of allylic oxidation sites excluding steroid dienone is 2. The number of benzene rings is 2. The molecule has 0 radical (unpaired) electrons. The van der Waals surface area contributed by atoms with Crippen molar-refractivity contribution in [2.24, 2.45) is 5.41 Å². The largest absolute Gasteiger partial charge is 0.497 e. The molecule has 0 saturated carbocycles. The number of thiophene rings is 1. The van der Waals surface area contributed by atoms with Crippen LogP contribution in [0.2, 0.25) is 0 Å².